The van der Waals surface area contributed by atoms with Crippen LogP contribution in [0.15, 0.2) is 48.7 Å². The number of nitrogens with one attached hydrogen (secondary N) is 2. The Balaban J connectivity index is 1.98. The first-order valence-electron chi connectivity index (χ1n) is 9.24. The molecule has 1 atom stereocenters. The van der Waals surface area contributed by atoms with E-state index in [0.717, 1.165) is 28.5 Å². The van der Waals surface area contributed by atoms with Gasteiger partial charge in [-0.3, -0.25) is 4.79 Å². The molecular weight excluding hydrogens is 360 g/mol. The molecule has 0 saturated heterocycles. The van der Waals surface area contributed by atoms with Crippen molar-refractivity contribution in [3.63, 3.8) is 0 Å². The van der Waals surface area contributed by atoms with Crippen molar-refractivity contribution < 1.29 is 9.53 Å². The Morgan fingerprint density at radius 1 is 1.26 bits per heavy atom. The number of aryl methyl sites for hydroxylation is 1. The SMILES string of the molecule is CCc1cccc2c(C(CC(=O)NCCOC)c3cccc(Cl)c3)c[nH]c12. The quantitative estimate of drug-likeness (QED) is 0.554. The highest BCUT2D eigenvalue weighted by molar-refractivity contribution is 6.30. The highest BCUT2D eigenvalue weighted by Gasteiger charge is 2.22. The van der Waals surface area contributed by atoms with Gasteiger partial charge in [-0.2, -0.15) is 0 Å². The van der Waals surface area contributed by atoms with Crippen LogP contribution in [0.25, 0.3) is 10.9 Å². The molecule has 2 N–H and O–H groups in total. The Morgan fingerprint density at radius 3 is 2.81 bits per heavy atom. The number of hydrogen-bond acceptors (Lipinski definition) is 2. The summed E-state index contributed by atoms with van der Waals surface area (Å²) in [6.07, 6.45) is 3.34. The van der Waals surface area contributed by atoms with E-state index in [9.17, 15) is 4.79 Å². The van der Waals surface area contributed by atoms with Gasteiger partial charge in [-0.1, -0.05) is 48.9 Å². The number of ether oxygens (including phenoxy) is 1. The topological polar surface area (TPSA) is 54.1 Å². The van der Waals surface area contributed by atoms with Crippen LogP contribution < -0.4 is 5.32 Å². The smallest absolute Gasteiger partial charge is 0.221 e. The number of benzene rings is 2. The highest BCUT2D eigenvalue weighted by Crippen LogP contribution is 2.35. The van der Waals surface area contributed by atoms with E-state index >= 15 is 0 Å². The summed E-state index contributed by atoms with van der Waals surface area (Å²) in [4.78, 5) is 15.9. The first-order chi connectivity index (χ1) is 13.1. The molecule has 0 aliphatic rings. The molecule has 142 valence electrons. The second-order valence-corrected chi connectivity index (χ2v) is 7.03. The van der Waals surface area contributed by atoms with Gasteiger partial charge in [0.25, 0.3) is 0 Å². The molecule has 27 heavy (non-hydrogen) atoms. The van der Waals surface area contributed by atoms with Gasteiger partial charge in [0.05, 0.1) is 6.61 Å². The van der Waals surface area contributed by atoms with Gasteiger partial charge in [0.15, 0.2) is 0 Å². The maximum Gasteiger partial charge on any atom is 0.221 e. The second-order valence-electron chi connectivity index (χ2n) is 6.59. The van der Waals surface area contributed by atoms with E-state index in [0.29, 0.717) is 24.6 Å². The van der Waals surface area contributed by atoms with Crippen LogP contribution in [-0.4, -0.2) is 31.2 Å². The molecule has 2 aromatic carbocycles. The number of fused-ring (bicyclic) bond motifs is 1. The number of para-hydroxylation sites is 1. The van der Waals surface area contributed by atoms with Crippen molar-refractivity contribution in [2.24, 2.45) is 0 Å². The molecule has 1 unspecified atom stereocenters. The van der Waals surface area contributed by atoms with E-state index in [-0.39, 0.29) is 11.8 Å². The number of hydrogen-bond donors (Lipinski definition) is 2. The van der Waals surface area contributed by atoms with Gasteiger partial charge in [-0.25, -0.2) is 0 Å². The van der Waals surface area contributed by atoms with Crippen molar-refractivity contribution in [1.29, 1.82) is 0 Å². The van der Waals surface area contributed by atoms with Crippen LogP contribution in [0, 0.1) is 0 Å². The van der Waals surface area contributed by atoms with E-state index in [2.05, 4.69) is 35.4 Å². The van der Waals surface area contributed by atoms with E-state index in [4.69, 9.17) is 16.3 Å². The average molecular weight is 385 g/mol. The number of methoxy groups -OCH3 is 1. The normalized spacial score (nSPS) is 12.3. The molecule has 0 radical (unpaired) electrons. The van der Waals surface area contributed by atoms with Gasteiger partial charge in [-0.15, -0.1) is 0 Å². The third-order valence-corrected chi connectivity index (χ3v) is 5.09. The molecule has 1 amide bonds. The molecule has 5 heteroatoms. The summed E-state index contributed by atoms with van der Waals surface area (Å²) in [5.41, 5.74) is 4.56. The van der Waals surface area contributed by atoms with Crippen LogP contribution in [0.5, 0.6) is 0 Å². The fraction of sp³-hybridized carbons (Fsp3) is 0.318. The molecule has 0 bridgehead atoms. The van der Waals surface area contributed by atoms with E-state index in [1.165, 1.54) is 5.56 Å². The summed E-state index contributed by atoms with van der Waals surface area (Å²) in [5.74, 6) is -0.0786. The predicted molar refractivity (Wildman–Crippen MR) is 110 cm³/mol. The number of carbonyl (C=O) groups excluding carboxylic acids is 1. The molecule has 4 nitrogen and oxygen atoms in total. The number of aromatic amines is 1. The summed E-state index contributed by atoms with van der Waals surface area (Å²) in [6.45, 7) is 3.15. The van der Waals surface area contributed by atoms with Gasteiger partial charge in [0.1, 0.15) is 0 Å². The molecule has 0 aliphatic heterocycles. The molecule has 0 aliphatic carbocycles. The Labute approximate surface area is 164 Å². The predicted octanol–water partition coefficient (Wildman–Crippen LogP) is 4.67. The van der Waals surface area contributed by atoms with Crippen LogP contribution in [0.1, 0.15) is 36.0 Å². The Kier molecular flexibility index (Phi) is 6.54. The standard InChI is InChI=1S/C22H25ClN2O2/c1-3-15-6-5-9-18-20(14-25-22(15)18)19(13-21(26)24-10-11-27-2)16-7-4-8-17(23)12-16/h4-9,12,14,19,25H,3,10-11,13H2,1-2H3,(H,24,26). The Hall–Kier alpha value is -2.30. The second kappa shape index (κ2) is 9.07. The van der Waals surface area contributed by atoms with E-state index in [1.807, 2.05) is 30.5 Å². The summed E-state index contributed by atoms with van der Waals surface area (Å²) in [6, 6.07) is 14.1. The minimum Gasteiger partial charge on any atom is -0.383 e. The van der Waals surface area contributed by atoms with Crippen molar-refractivity contribution in [1.82, 2.24) is 10.3 Å². The van der Waals surface area contributed by atoms with Crippen molar-refractivity contribution in [2.75, 3.05) is 20.3 Å². The van der Waals surface area contributed by atoms with Gasteiger partial charge in [0, 0.05) is 48.1 Å². The van der Waals surface area contributed by atoms with Crippen LogP contribution in [0.3, 0.4) is 0 Å². The third-order valence-electron chi connectivity index (χ3n) is 4.86. The minimum atomic E-state index is -0.0768. The van der Waals surface area contributed by atoms with Gasteiger partial charge >= 0.3 is 0 Å². The van der Waals surface area contributed by atoms with Crippen LogP contribution in [0.4, 0.5) is 0 Å². The van der Waals surface area contributed by atoms with Crippen molar-refractivity contribution in [2.45, 2.75) is 25.7 Å². The van der Waals surface area contributed by atoms with Crippen molar-refractivity contribution >= 4 is 28.4 Å². The third kappa shape index (κ3) is 4.52. The van der Waals surface area contributed by atoms with E-state index < -0.39 is 0 Å². The monoisotopic (exact) mass is 384 g/mol. The first kappa shape index (κ1) is 19.5. The lowest BCUT2D eigenvalue weighted by Crippen LogP contribution is -2.28. The number of amides is 1. The molecule has 0 saturated carbocycles. The number of rotatable bonds is 8. The van der Waals surface area contributed by atoms with Crippen LogP contribution >= 0.6 is 11.6 Å². The maximum absolute atomic E-state index is 12.5. The molecule has 1 heterocycles. The minimum absolute atomic E-state index is 0.00183. The van der Waals surface area contributed by atoms with Gasteiger partial charge < -0.3 is 15.0 Å². The van der Waals surface area contributed by atoms with Crippen LogP contribution in [0.2, 0.25) is 5.02 Å². The molecular formula is C22H25ClN2O2. The lowest BCUT2D eigenvalue weighted by molar-refractivity contribution is -0.121. The lowest BCUT2D eigenvalue weighted by Gasteiger charge is -2.18. The number of halogens is 1. The molecule has 0 spiro atoms. The summed E-state index contributed by atoms with van der Waals surface area (Å²) >= 11 is 6.23. The van der Waals surface area contributed by atoms with Gasteiger partial charge in [0.2, 0.25) is 5.91 Å². The maximum atomic E-state index is 12.5. The van der Waals surface area contributed by atoms with Crippen molar-refractivity contribution in [3.8, 4) is 0 Å². The molecule has 3 rings (SSSR count). The number of H-pyrrole nitrogens is 1. The zero-order chi connectivity index (χ0) is 19.2. The van der Waals surface area contributed by atoms with Gasteiger partial charge in [-0.05, 0) is 35.2 Å². The molecule has 3 aromatic rings. The fourth-order valence-electron chi connectivity index (χ4n) is 3.50. The number of carbonyl (C=O) groups is 1. The average Bonchev–Trinajstić information content (AvgIpc) is 3.10. The highest BCUT2D eigenvalue weighted by atomic mass is 35.5. The van der Waals surface area contributed by atoms with E-state index in [1.54, 1.807) is 7.11 Å². The summed E-state index contributed by atoms with van der Waals surface area (Å²) < 4.78 is 5.02. The Morgan fingerprint density at radius 2 is 2.07 bits per heavy atom. The Bertz CT molecular complexity index is 920. The lowest BCUT2D eigenvalue weighted by atomic mass is 9.87. The fourth-order valence-corrected chi connectivity index (χ4v) is 3.70. The van der Waals surface area contributed by atoms with Crippen molar-refractivity contribution in [3.05, 3.63) is 70.4 Å². The van der Waals surface area contributed by atoms with Crippen LogP contribution in [-0.2, 0) is 16.0 Å². The molecule has 1 aromatic heterocycles. The number of aromatic nitrogens is 1. The summed E-state index contributed by atoms with van der Waals surface area (Å²) in [5, 5.41) is 4.75. The first-order valence-corrected chi connectivity index (χ1v) is 9.61. The zero-order valence-electron chi connectivity index (χ0n) is 15.7. The molecule has 0 fully saturated rings. The zero-order valence-corrected chi connectivity index (χ0v) is 16.5. The summed E-state index contributed by atoms with van der Waals surface area (Å²) in [7, 11) is 1.62. The largest absolute Gasteiger partial charge is 0.383 e.